The van der Waals surface area contributed by atoms with Gasteiger partial charge in [0.15, 0.2) is 5.65 Å². The molecule has 0 saturated carbocycles. The molecule has 3 aromatic rings. The third-order valence-electron chi connectivity index (χ3n) is 4.58. The van der Waals surface area contributed by atoms with Crippen molar-refractivity contribution >= 4 is 23.2 Å². The number of carbonyl (C=O) groups excluding carboxylic acids is 1. The number of carboxylic acid groups (broad SMARTS) is 1. The second-order valence-corrected chi connectivity index (χ2v) is 6.55. The van der Waals surface area contributed by atoms with E-state index >= 15 is 0 Å². The number of fused-ring (bicyclic) bond motifs is 1. The molecule has 9 nitrogen and oxygen atoms in total. The summed E-state index contributed by atoms with van der Waals surface area (Å²) >= 11 is 0. The minimum absolute atomic E-state index is 0.0812. The molecule has 1 aliphatic heterocycles. The molecule has 1 aromatic carbocycles. The Labute approximate surface area is 159 Å². The van der Waals surface area contributed by atoms with Gasteiger partial charge in [-0.2, -0.15) is 0 Å². The molecule has 1 unspecified atom stereocenters. The van der Waals surface area contributed by atoms with Crippen molar-refractivity contribution in [3.05, 3.63) is 66.1 Å². The van der Waals surface area contributed by atoms with Crippen LogP contribution < -0.4 is 5.32 Å². The van der Waals surface area contributed by atoms with Crippen LogP contribution in [0.1, 0.15) is 22.3 Å². The van der Waals surface area contributed by atoms with Crippen LogP contribution in [0.25, 0.3) is 5.65 Å². The van der Waals surface area contributed by atoms with Crippen LogP contribution in [0.2, 0.25) is 0 Å². The Hall–Kier alpha value is -3.75. The molecule has 0 fully saturated rings. The normalized spacial score (nSPS) is 18.5. The van der Waals surface area contributed by atoms with E-state index in [0.29, 0.717) is 16.9 Å². The van der Waals surface area contributed by atoms with Crippen molar-refractivity contribution < 1.29 is 19.5 Å². The van der Waals surface area contributed by atoms with Gasteiger partial charge in [-0.25, -0.2) is 4.79 Å². The summed E-state index contributed by atoms with van der Waals surface area (Å²) in [4.78, 5) is 29.7. The number of aromatic nitrogens is 3. The first kappa shape index (κ1) is 17.7. The molecule has 0 spiro atoms. The highest BCUT2D eigenvalue weighted by Crippen LogP contribution is 2.28. The van der Waals surface area contributed by atoms with Gasteiger partial charge in [-0.1, -0.05) is 35.5 Å². The van der Waals surface area contributed by atoms with Crippen molar-refractivity contribution in [3.8, 4) is 0 Å². The number of nitrogens with zero attached hydrogens (tertiary/aromatic N) is 4. The molecule has 1 atom stereocenters. The summed E-state index contributed by atoms with van der Waals surface area (Å²) in [5.41, 5.74) is 0.639. The molecule has 28 heavy (non-hydrogen) atoms. The van der Waals surface area contributed by atoms with E-state index in [1.54, 1.807) is 22.7 Å². The Kier molecular flexibility index (Phi) is 4.48. The summed E-state index contributed by atoms with van der Waals surface area (Å²) in [6.07, 6.45) is 3.52. The fraction of sp³-hybridized carbons (Fsp3) is 0.211. The number of rotatable bonds is 6. The minimum Gasteiger partial charge on any atom is -0.478 e. The predicted molar refractivity (Wildman–Crippen MR) is 99.0 cm³/mol. The summed E-state index contributed by atoms with van der Waals surface area (Å²) in [7, 11) is 0. The number of pyridine rings is 1. The maximum absolute atomic E-state index is 12.5. The molecule has 3 heterocycles. The van der Waals surface area contributed by atoms with Crippen molar-refractivity contribution in [1.29, 1.82) is 0 Å². The minimum atomic E-state index is -1.46. The van der Waals surface area contributed by atoms with Crippen LogP contribution in [0.15, 0.2) is 60.1 Å². The van der Waals surface area contributed by atoms with Crippen molar-refractivity contribution in [2.45, 2.75) is 18.4 Å². The zero-order valence-corrected chi connectivity index (χ0v) is 14.8. The van der Waals surface area contributed by atoms with E-state index in [2.05, 4.69) is 20.7 Å². The summed E-state index contributed by atoms with van der Waals surface area (Å²) in [6, 6.07) is 12.6. The van der Waals surface area contributed by atoms with E-state index in [-0.39, 0.29) is 25.3 Å². The standard InChI is InChI=1S/C19H17N5O4/c25-17(15-7-4-8-24-12-21-22-16(15)24)20-11-14-10-19(18(26)27,28-23-14)9-13-5-2-1-3-6-13/h1-8,12H,9-11H2,(H,20,25)(H,26,27). The Balaban J connectivity index is 1.43. The average Bonchev–Trinajstić information content (AvgIpc) is 3.34. The number of nitrogens with one attached hydrogen (secondary N) is 1. The molecular weight excluding hydrogens is 362 g/mol. The molecule has 0 aliphatic carbocycles. The van der Waals surface area contributed by atoms with Crippen molar-refractivity contribution in [2.24, 2.45) is 5.16 Å². The summed E-state index contributed by atoms with van der Waals surface area (Å²) in [5, 5.41) is 24.1. The number of hydrogen-bond acceptors (Lipinski definition) is 6. The number of amides is 1. The number of benzene rings is 1. The number of carboxylic acids is 1. The zero-order valence-electron chi connectivity index (χ0n) is 14.8. The third-order valence-corrected chi connectivity index (χ3v) is 4.58. The number of carbonyl (C=O) groups is 2. The van der Waals surface area contributed by atoms with Gasteiger partial charge in [-0.05, 0) is 17.7 Å². The Morgan fingerprint density at radius 2 is 2.04 bits per heavy atom. The molecular formula is C19H17N5O4. The first-order valence-corrected chi connectivity index (χ1v) is 8.65. The molecule has 4 rings (SSSR count). The number of oxime groups is 1. The molecule has 142 valence electrons. The lowest BCUT2D eigenvalue weighted by Gasteiger charge is -2.21. The third kappa shape index (κ3) is 3.29. The molecule has 0 saturated heterocycles. The first-order chi connectivity index (χ1) is 13.6. The van der Waals surface area contributed by atoms with Crippen LogP contribution in [0.5, 0.6) is 0 Å². The van der Waals surface area contributed by atoms with Gasteiger partial charge in [0.25, 0.3) is 5.91 Å². The Morgan fingerprint density at radius 1 is 1.21 bits per heavy atom. The highest BCUT2D eigenvalue weighted by atomic mass is 16.7. The van der Waals surface area contributed by atoms with Gasteiger partial charge in [0.2, 0.25) is 5.60 Å². The van der Waals surface area contributed by atoms with Gasteiger partial charge < -0.3 is 15.3 Å². The SMILES string of the molecule is O=C(NCC1=NOC(Cc2ccccc2)(C(=O)O)C1)c1cccn2cnnc12. The van der Waals surface area contributed by atoms with Crippen LogP contribution in [0.3, 0.4) is 0 Å². The van der Waals surface area contributed by atoms with Gasteiger partial charge in [0.1, 0.15) is 6.33 Å². The van der Waals surface area contributed by atoms with Gasteiger partial charge in [0, 0.05) is 19.0 Å². The summed E-state index contributed by atoms with van der Waals surface area (Å²) in [5.74, 6) is -1.44. The highest BCUT2D eigenvalue weighted by molar-refractivity contribution is 6.02. The lowest BCUT2D eigenvalue weighted by atomic mass is 9.90. The Bertz CT molecular complexity index is 1060. The number of aliphatic carboxylic acids is 1. The van der Waals surface area contributed by atoms with Crippen LogP contribution in [0.4, 0.5) is 0 Å². The van der Waals surface area contributed by atoms with Crippen molar-refractivity contribution in [2.75, 3.05) is 6.54 Å². The maximum atomic E-state index is 12.5. The van der Waals surface area contributed by atoms with Crippen molar-refractivity contribution in [3.63, 3.8) is 0 Å². The summed E-state index contributed by atoms with van der Waals surface area (Å²) in [6.45, 7) is 0.0812. The van der Waals surface area contributed by atoms with E-state index in [1.165, 1.54) is 6.33 Å². The number of hydrogen-bond donors (Lipinski definition) is 2. The molecule has 1 aliphatic rings. The van der Waals surface area contributed by atoms with Crippen molar-refractivity contribution in [1.82, 2.24) is 19.9 Å². The molecule has 9 heteroatoms. The van der Waals surface area contributed by atoms with Gasteiger partial charge in [0.05, 0.1) is 17.8 Å². The quantitative estimate of drug-likeness (QED) is 0.666. The van der Waals surface area contributed by atoms with Gasteiger partial charge in [-0.15, -0.1) is 10.2 Å². The monoisotopic (exact) mass is 379 g/mol. The van der Waals surface area contributed by atoms with Crippen LogP contribution in [-0.4, -0.2) is 49.4 Å². The first-order valence-electron chi connectivity index (χ1n) is 8.65. The second-order valence-electron chi connectivity index (χ2n) is 6.55. The predicted octanol–water partition coefficient (Wildman–Crippen LogP) is 1.30. The smallest absolute Gasteiger partial charge is 0.351 e. The lowest BCUT2D eigenvalue weighted by molar-refractivity contribution is -0.162. The van der Waals surface area contributed by atoms with E-state index < -0.39 is 11.6 Å². The van der Waals surface area contributed by atoms with E-state index in [4.69, 9.17) is 4.84 Å². The van der Waals surface area contributed by atoms with Crippen LogP contribution in [0, 0.1) is 0 Å². The van der Waals surface area contributed by atoms with E-state index in [1.807, 2.05) is 30.3 Å². The highest BCUT2D eigenvalue weighted by Gasteiger charge is 2.46. The second kappa shape index (κ2) is 7.10. The lowest BCUT2D eigenvalue weighted by Crippen LogP contribution is -2.42. The summed E-state index contributed by atoms with van der Waals surface area (Å²) < 4.78 is 1.64. The maximum Gasteiger partial charge on any atom is 0.351 e. The molecule has 0 radical (unpaired) electrons. The van der Waals surface area contributed by atoms with Crippen LogP contribution in [-0.2, 0) is 16.1 Å². The molecule has 2 aromatic heterocycles. The largest absolute Gasteiger partial charge is 0.478 e. The fourth-order valence-corrected chi connectivity index (χ4v) is 3.16. The fourth-order valence-electron chi connectivity index (χ4n) is 3.16. The zero-order chi connectivity index (χ0) is 19.6. The molecule has 0 bridgehead atoms. The van der Waals surface area contributed by atoms with Gasteiger partial charge in [-0.3, -0.25) is 9.20 Å². The van der Waals surface area contributed by atoms with E-state index in [9.17, 15) is 14.7 Å². The molecule has 2 N–H and O–H groups in total. The van der Waals surface area contributed by atoms with Gasteiger partial charge >= 0.3 is 5.97 Å². The Morgan fingerprint density at radius 3 is 2.82 bits per heavy atom. The molecule has 1 amide bonds. The average molecular weight is 379 g/mol. The van der Waals surface area contributed by atoms with Crippen LogP contribution >= 0.6 is 0 Å². The van der Waals surface area contributed by atoms with E-state index in [0.717, 1.165) is 5.56 Å². The topological polar surface area (TPSA) is 118 Å².